The van der Waals surface area contributed by atoms with Crippen molar-refractivity contribution in [1.82, 2.24) is 0 Å². The van der Waals surface area contributed by atoms with Gasteiger partial charge in [0.2, 0.25) is 0 Å². The van der Waals surface area contributed by atoms with E-state index in [1.165, 1.54) is 0 Å². The van der Waals surface area contributed by atoms with Crippen LogP contribution in [0.3, 0.4) is 0 Å². The van der Waals surface area contributed by atoms with Gasteiger partial charge in [-0.2, -0.15) is 0 Å². The summed E-state index contributed by atoms with van der Waals surface area (Å²) in [6.45, 7) is 0. The zero-order chi connectivity index (χ0) is 33.7. The zero-order valence-corrected chi connectivity index (χ0v) is 27.7. The van der Waals surface area contributed by atoms with Crippen LogP contribution in [0.4, 0.5) is 17.1 Å². The van der Waals surface area contributed by atoms with E-state index in [1.54, 1.807) is 0 Å². The first kappa shape index (κ1) is 29.1. The van der Waals surface area contributed by atoms with Crippen molar-refractivity contribution in [3.05, 3.63) is 188 Å². The van der Waals surface area contributed by atoms with Gasteiger partial charge in [-0.3, -0.25) is 0 Å². The summed E-state index contributed by atoms with van der Waals surface area (Å²) < 4.78 is 13.2. The average molecular weight is 654 g/mol. The maximum Gasteiger partial charge on any atom is 0.145 e. The Morgan fingerprint density at radius 3 is 1.75 bits per heavy atom. The number of furan rings is 2. The van der Waals surface area contributed by atoms with E-state index >= 15 is 0 Å². The normalized spacial score (nSPS) is 11.5. The monoisotopic (exact) mass is 653 g/mol. The molecule has 0 atom stereocenters. The van der Waals surface area contributed by atoms with Crippen molar-refractivity contribution in [2.24, 2.45) is 0 Å². The average Bonchev–Trinajstić information content (AvgIpc) is 3.78. The number of hydrogen-bond donors (Lipinski definition) is 0. The van der Waals surface area contributed by atoms with Crippen LogP contribution in [0.5, 0.6) is 0 Å². The Kier molecular flexibility index (Phi) is 6.81. The molecule has 0 spiro atoms. The summed E-state index contributed by atoms with van der Waals surface area (Å²) in [7, 11) is 0. The van der Waals surface area contributed by atoms with Gasteiger partial charge in [0.05, 0.1) is 16.8 Å². The number of fused-ring (bicyclic) bond motifs is 6. The van der Waals surface area contributed by atoms with E-state index in [0.29, 0.717) is 0 Å². The number of rotatable bonds is 6. The molecule has 0 saturated heterocycles. The molecule has 3 nitrogen and oxygen atoms in total. The van der Waals surface area contributed by atoms with E-state index in [0.717, 1.165) is 94.3 Å². The van der Waals surface area contributed by atoms with Crippen LogP contribution in [0.15, 0.2) is 197 Å². The van der Waals surface area contributed by atoms with Gasteiger partial charge in [0, 0.05) is 33.0 Å². The van der Waals surface area contributed by atoms with Crippen LogP contribution in [0.25, 0.3) is 77.3 Å². The molecule has 0 saturated carbocycles. The number of nitrogens with zero attached hydrogens (tertiary/aromatic N) is 1. The maximum absolute atomic E-state index is 6.87. The van der Waals surface area contributed by atoms with Gasteiger partial charge in [0.25, 0.3) is 0 Å². The van der Waals surface area contributed by atoms with Crippen molar-refractivity contribution in [3.8, 4) is 33.4 Å². The van der Waals surface area contributed by atoms with Gasteiger partial charge in [-0.25, -0.2) is 0 Å². The molecule has 0 aliphatic heterocycles. The minimum absolute atomic E-state index is 0.851. The first-order chi connectivity index (χ1) is 25.3. The Hall–Kier alpha value is -6.84. The lowest BCUT2D eigenvalue weighted by Crippen LogP contribution is -2.11. The Labute approximate surface area is 295 Å². The lowest BCUT2D eigenvalue weighted by Gasteiger charge is -2.29. The summed E-state index contributed by atoms with van der Waals surface area (Å²) in [5.41, 5.74) is 13.3. The molecule has 0 radical (unpaired) electrons. The maximum atomic E-state index is 6.87. The lowest BCUT2D eigenvalue weighted by atomic mass is 9.92. The number of para-hydroxylation sites is 4. The van der Waals surface area contributed by atoms with Crippen LogP contribution in [-0.4, -0.2) is 0 Å². The van der Waals surface area contributed by atoms with E-state index in [9.17, 15) is 0 Å². The molecule has 0 aliphatic carbocycles. The third kappa shape index (κ3) is 4.82. The molecular weight excluding hydrogens is 623 g/mol. The Morgan fingerprint density at radius 2 is 0.941 bits per heavy atom. The summed E-state index contributed by atoms with van der Waals surface area (Å²) in [6.07, 6.45) is 0. The molecule has 3 heteroatoms. The second-order valence-corrected chi connectivity index (χ2v) is 12.8. The fourth-order valence-electron chi connectivity index (χ4n) is 7.59. The molecule has 0 bridgehead atoms. The predicted molar refractivity (Wildman–Crippen MR) is 212 cm³/mol. The Balaban J connectivity index is 1.22. The molecule has 51 heavy (non-hydrogen) atoms. The fraction of sp³-hybridized carbons (Fsp3) is 0. The van der Waals surface area contributed by atoms with E-state index in [4.69, 9.17) is 8.83 Å². The van der Waals surface area contributed by atoms with E-state index in [1.807, 2.05) is 18.2 Å². The molecule has 10 rings (SSSR count). The number of benzene rings is 8. The summed E-state index contributed by atoms with van der Waals surface area (Å²) in [4.78, 5) is 2.37. The second kappa shape index (κ2) is 11.9. The molecule has 240 valence electrons. The number of anilines is 3. The van der Waals surface area contributed by atoms with Crippen LogP contribution in [0.2, 0.25) is 0 Å². The van der Waals surface area contributed by atoms with Gasteiger partial charge in [-0.1, -0.05) is 133 Å². The molecule has 0 unspecified atom stereocenters. The third-order valence-electron chi connectivity index (χ3n) is 9.90. The highest BCUT2D eigenvalue weighted by Gasteiger charge is 2.24. The standard InChI is InChI=1S/C48H31NO2/c1-3-15-32(16-4-1)36-20-9-12-24-42(36)49(34-17-5-2-6-18-34)43-30-29-40(48-47(43)41-23-11-14-26-45(41)51-48)37-21-8-7-19-35(37)33-27-28-39-38-22-10-13-25-44(38)50-46(39)31-33/h1-31H. The van der Waals surface area contributed by atoms with Crippen molar-refractivity contribution in [2.45, 2.75) is 0 Å². The van der Waals surface area contributed by atoms with Gasteiger partial charge in [0.15, 0.2) is 0 Å². The molecule has 10 aromatic rings. The highest BCUT2D eigenvalue weighted by atomic mass is 16.3. The molecule has 0 fully saturated rings. The molecule has 2 aromatic heterocycles. The molecule has 8 aromatic carbocycles. The number of hydrogen-bond acceptors (Lipinski definition) is 3. The quantitative estimate of drug-likeness (QED) is 0.179. The summed E-state index contributed by atoms with van der Waals surface area (Å²) in [6, 6.07) is 66.0. The summed E-state index contributed by atoms with van der Waals surface area (Å²) >= 11 is 0. The summed E-state index contributed by atoms with van der Waals surface area (Å²) in [5.74, 6) is 0. The van der Waals surface area contributed by atoms with Crippen molar-refractivity contribution < 1.29 is 8.83 Å². The van der Waals surface area contributed by atoms with E-state index < -0.39 is 0 Å². The van der Waals surface area contributed by atoms with E-state index in [2.05, 4.69) is 175 Å². The Morgan fingerprint density at radius 1 is 0.333 bits per heavy atom. The van der Waals surface area contributed by atoms with Crippen LogP contribution in [0, 0.1) is 0 Å². The van der Waals surface area contributed by atoms with Gasteiger partial charge in [-0.15, -0.1) is 0 Å². The smallest absolute Gasteiger partial charge is 0.145 e. The predicted octanol–water partition coefficient (Wildman–Crippen LogP) is 14.0. The first-order valence-electron chi connectivity index (χ1n) is 17.3. The minimum atomic E-state index is 0.851. The fourth-order valence-corrected chi connectivity index (χ4v) is 7.59. The van der Waals surface area contributed by atoms with Crippen LogP contribution in [0.1, 0.15) is 0 Å². The molecule has 2 heterocycles. The second-order valence-electron chi connectivity index (χ2n) is 12.8. The van der Waals surface area contributed by atoms with Gasteiger partial charge < -0.3 is 13.7 Å². The van der Waals surface area contributed by atoms with Crippen LogP contribution >= 0.6 is 0 Å². The van der Waals surface area contributed by atoms with Crippen molar-refractivity contribution in [1.29, 1.82) is 0 Å². The molecule has 0 N–H and O–H groups in total. The Bertz CT molecular complexity index is 2860. The van der Waals surface area contributed by atoms with Crippen LogP contribution < -0.4 is 4.90 Å². The third-order valence-corrected chi connectivity index (χ3v) is 9.90. The van der Waals surface area contributed by atoms with E-state index in [-0.39, 0.29) is 0 Å². The highest BCUT2D eigenvalue weighted by Crippen LogP contribution is 2.49. The molecular formula is C48H31NO2. The lowest BCUT2D eigenvalue weighted by molar-refractivity contribution is 0.669. The van der Waals surface area contributed by atoms with Gasteiger partial charge in [-0.05, 0) is 76.9 Å². The molecule has 0 aliphatic rings. The highest BCUT2D eigenvalue weighted by molar-refractivity contribution is 6.18. The SMILES string of the molecule is c1ccc(-c2ccccc2N(c2ccccc2)c2ccc(-c3ccccc3-c3ccc4c(c3)oc3ccccc34)c3oc4ccccc4c23)cc1. The minimum Gasteiger partial charge on any atom is -0.456 e. The van der Waals surface area contributed by atoms with Crippen molar-refractivity contribution in [3.63, 3.8) is 0 Å². The largest absolute Gasteiger partial charge is 0.456 e. The van der Waals surface area contributed by atoms with Gasteiger partial charge >= 0.3 is 0 Å². The van der Waals surface area contributed by atoms with Crippen molar-refractivity contribution in [2.75, 3.05) is 4.90 Å². The van der Waals surface area contributed by atoms with Crippen LogP contribution in [-0.2, 0) is 0 Å². The summed E-state index contributed by atoms with van der Waals surface area (Å²) in [5, 5.41) is 4.39. The zero-order valence-electron chi connectivity index (χ0n) is 27.7. The molecule has 0 amide bonds. The first-order valence-corrected chi connectivity index (χ1v) is 17.3. The van der Waals surface area contributed by atoms with Gasteiger partial charge in [0.1, 0.15) is 22.3 Å². The van der Waals surface area contributed by atoms with Crippen molar-refractivity contribution >= 4 is 60.9 Å². The topological polar surface area (TPSA) is 29.5 Å².